The van der Waals surface area contributed by atoms with Gasteiger partial charge in [0.2, 0.25) is 0 Å². The van der Waals surface area contributed by atoms with Gasteiger partial charge in [-0.3, -0.25) is 0 Å². The summed E-state index contributed by atoms with van der Waals surface area (Å²) < 4.78 is 5.06. The van der Waals surface area contributed by atoms with Crippen LogP contribution in [0.5, 0.6) is 5.75 Å². The van der Waals surface area contributed by atoms with Crippen LogP contribution in [-0.2, 0) is 6.42 Å². The van der Waals surface area contributed by atoms with Gasteiger partial charge in [0.25, 0.3) is 0 Å². The van der Waals surface area contributed by atoms with Crippen LogP contribution in [0, 0.1) is 12.3 Å². The van der Waals surface area contributed by atoms with Crippen LogP contribution in [0.15, 0.2) is 24.3 Å². The molecule has 1 aromatic carbocycles. The van der Waals surface area contributed by atoms with Crippen molar-refractivity contribution in [2.24, 2.45) is 5.73 Å². The molecule has 2 nitrogen and oxygen atoms in total. The van der Waals surface area contributed by atoms with Crippen molar-refractivity contribution in [3.63, 3.8) is 0 Å². The highest BCUT2D eigenvalue weighted by Crippen LogP contribution is 2.12. The molecular weight excluding hydrogens is 174 g/mol. The highest BCUT2D eigenvalue weighted by atomic mass is 16.5. The van der Waals surface area contributed by atoms with E-state index in [2.05, 4.69) is 5.92 Å². The number of benzene rings is 1. The Morgan fingerprint density at radius 2 is 2.07 bits per heavy atom. The molecule has 0 aliphatic heterocycles. The Hall–Kier alpha value is -1.46. The highest BCUT2D eigenvalue weighted by Gasteiger charge is 2.02. The zero-order chi connectivity index (χ0) is 10.4. The van der Waals surface area contributed by atoms with Gasteiger partial charge in [0.15, 0.2) is 0 Å². The first-order chi connectivity index (χ1) is 6.76. The van der Waals surface area contributed by atoms with Gasteiger partial charge in [0.1, 0.15) is 5.75 Å². The molecule has 74 valence electrons. The lowest BCUT2D eigenvalue weighted by molar-refractivity contribution is 0.414. The first kappa shape index (κ1) is 10.6. The van der Waals surface area contributed by atoms with Gasteiger partial charge >= 0.3 is 0 Å². The number of hydrogen-bond acceptors (Lipinski definition) is 2. The van der Waals surface area contributed by atoms with Gasteiger partial charge in [-0.15, -0.1) is 12.3 Å². The number of nitrogens with two attached hydrogens (primary N) is 1. The third-order valence-corrected chi connectivity index (χ3v) is 2.04. The van der Waals surface area contributed by atoms with E-state index < -0.39 is 0 Å². The van der Waals surface area contributed by atoms with Gasteiger partial charge in [-0.1, -0.05) is 12.1 Å². The van der Waals surface area contributed by atoms with E-state index in [1.54, 1.807) is 7.11 Å². The van der Waals surface area contributed by atoms with Crippen LogP contribution in [0.1, 0.15) is 12.0 Å². The normalized spacial score (nSPS) is 11.8. The number of terminal acetylenes is 1. The third kappa shape index (κ3) is 3.12. The Kier molecular flexibility index (Phi) is 4.03. The Morgan fingerprint density at radius 1 is 1.43 bits per heavy atom. The van der Waals surface area contributed by atoms with Crippen molar-refractivity contribution in [1.29, 1.82) is 0 Å². The quantitative estimate of drug-likeness (QED) is 0.730. The van der Waals surface area contributed by atoms with Crippen LogP contribution < -0.4 is 10.5 Å². The second-order valence-corrected chi connectivity index (χ2v) is 3.22. The van der Waals surface area contributed by atoms with Crippen LogP contribution in [0.25, 0.3) is 0 Å². The number of ether oxygens (including phenoxy) is 1. The van der Waals surface area contributed by atoms with E-state index in [0.717, 1.165) is 12.2 Å². The van der Waals surface area contributed by atoms with Crippen molar-refractivity contribution in [1.82, 2.24) is 0 Å². The molecule has 0 spiro atoms. The molecular formula is C12H15NO. The summed E-state index contributed by atoms with van der Waals surface area (Å²) in [5.41, 5.74) is 7.00. The van der Waals surface area contributed by atoms with Crippen molar-refractivity contribution < 1.29 is 4.74 Å². The first-order valence-electron chi connectivity index (χ1n) is 4.58. The monoisotopic (exact) mass is 189 g/mol. The molecule has 0 bridgehead atoms. The fourth-order valence-electron chi connectivity index (χ4n) is 1.29. The molecule has 1 rings (SSSR count). The summed E-state index contributed by atoms with van der Waals surface area (Å²) >= 11 is 0. The van der Waals surface area contributed by atoms with E-state index in [4.69, 9.17) is 16.9 Å². The number of rotatable bonds is 4. The van der Waals surface area contributed by atoms with Gasteiger partial charge in [-0.25, -0.2) is 0 Å². The molecule has 0 amide bonds. The van der Waals surface area contributed by atoms with Crippen LogP contribution in [-0.4, -0.2) is 13.2 Å². The second-order valence-electron chi connectivity index (χ2n) is 3.22. The molecule has 2 N–H and O–H groups in total. The molecule has 0 radical (unpaired) electrons. The van der Waals surface area contributed by atoms with Crippen molar-refractivity contribution in [2.45, 2.75) is 18.9 Å². The molecule has 0 aliphatic carbocycles. The zero-order valence-electron chi connectivity index (χ0n) is 8.36. The Balaban J connectivity index is 2.56. The van der Waals surface area contributed by atoms with Crippen LogP contribution in [0.4, 0.5) is 0 Å². The lowest BCUT2D eigenvalue weighted by atomic mass is 10.0. The minimum absolute atomic E-state index is 0.0494. The summed E-state index contributed by atoms with van der Waals surface area (Å²) in [5, 5.41) is 0. The van der Waals surface area contributed by atoms with E-state index >= 15 is 0 Å². The number of methoxy groups -OCH3 is 1. The summed E-state index contributed by atoms with van der Waals surface area (Å²) in [7, 11) is 1.65. The largest absolute Gasteiger partial charge is 0.497 e. The fraction of sp³-hybridized carbons (Fsp3) is 0.333. The average Bonchev–Trinajstić information content (AvgIpc) is 2.19. The van der Waals surface area contributed by atoms with E-state index in [1.807, 2.05) is 24.3 Å². The standard InChI is InChI=1S/C12H15NO/c1-3-4-11(13)9-10-5-7-12(14-2)8-6-10/h1,5-8,11H,4,9,13H2,2H3. The van der Waals surface area contributed by atoms with Crippen molar-refractivity contribution in [2.75, 3.05) is 7.11 Å². The van der Waals surface area contributed by atoms with Gasteiger partial charge in [-0.05, 0) is 24.1 Å². The van der Waals surface area contributed by atoms with Crippen LogP contribution >= 0.6 is 0 Å². The maximum Gasteiger partial charge on any atom is 0.118 e. The Morgan fingerprint density at radius 3 is 2.57 bits per heavy atom. The summed E-state index contributed by atoms with van der Waals surface area (Å²) in [6, 6.07) is 7.92. The molecule has 0 fully saturated rings. The van der Waals surface area contributed by atoms with Crippen LogP contribution in [0.2, 0.25) is 0 Å². The highest BCUT2D eigenvalue weighted by molar-refractivity contribution is 5.27. The molecule has 1 aromatic rings. The van der Waals surface area contributed by atoms with Gasteiger partial charge < -0.3 is 10.5 Å². The zero-order valence-corrected chi connectivity index (χ0v) is 8.36. The molecule has 0 aliphatic rings. The van der Waals surface area contributed by atoms with E-state index in [9.17, 15) is 0 Å². The minimum atomic E-state index is 0.0494. The fourth-order valence-corrected chi connectivity index (χ4v) is 1.29. The average molecular weight is 189 g/mol. The van der Waals surface area contributed by atoms with Gasteiger partial charge in [0, 0.05) is 12.5 Å². The summed E-state index contributed by atoms with van der Waals surface area (Å²) in [4.78, 5) is 0. The molecule has 14 heavy (non-hydrogen) atoms. The SMILES string of the molecule is C#CCC(N)Cc1ccc(OC)cc1. The summed E-state index contributed by atoms with van der Waals surface area (Å²) in [5.74, 6) is 3.42. The van der Waals surface area contributed by atoms with E-state index in [-0.39, 0.29) is 6.04 Å². The molecule has 2 heteroatoms. The molecule has 0 saturated carbocycles. The molecule has 1 atom stereocenters. The Labute approximate surface area is 85.1 Å². The Bertz CT molecular complexity index is 310. The molecule has 0 saturated heterocycles. The second kappa shape index (κ2) is 5.31. The lowest BCUT2D eigenvalue weighted by Gasteiger charge is -2.08. The summed E-state index contributed by atoms with van der Waals surface area (Å²) in [6.45, 7) is 0. The minimum Gasteiger partial charge on any atom is -0.497 e. The van der Waals surface area contributed by atoms with Gasteiger partial charge in [0.05, 0.1) is 7.11 Å². The molecule has 0 heterocycles. The van der Waals surface area contributed by atoms with Crippen molar-refractivity contribution in [3.8, 4) is 18.1 Å². The number of hydrogen-bond donors (Lipinski definition) is 1. The maximum atomic E-state index is 5.81. The smallest absolute Gasteiger partial charge is 0.118 e. The predicted molar refractivity (Wildman–Crippen MR) is 58.1 cm³/mol. The van der Waals surface area contributed by atoms with Gasteiger partial charge in [-0.2, -0.15) is 0 Å². The van der Waals surface area contributed by atoms with Crippen molar-refractivity contribution >= 4 is 0 Å². The van der Waals surface area contributed by atoms with E-state index in [1.165, 1.54) is 5.56 Å². The maximum absolute atomic E-state index is 5.81. The predicted octanol–water partition coefficient (Wildman–Crippen LogP) is 1.59. The third-order valence-electron chi connectivity index (χ3n) is 2.04. The lowest BCUT2D eigenvalue weighted by Crippen LogP contribution is -2.21. The van der Waals surface area contributed by atoms with Crippen LogP contribution in [0.3, 0.4) is 0 Å². The van der Waals surface area contributed by atoms with Crippen molar-refractivity contribution in [3.05, 3.63) is 29.8 Å². The topological polar surface area (TPSA) is 35.2 Å². The first-order valence-corrected chi connectivity index (χ1v) is 4.58. The molecule has 1 unspecified atom stereocenters. The molecule has 0 aromatic heterocycles. The van der Waals surface area contributed by atoms with E-state index in [0.29, 0.717) is 6.42 Å². The summed E-state index contributed by atoms with van der Waals surface area (Å²) in [6.07, 6.45) is 6.61.